The van der Waals surface area contributed by atoms with Crippen LogP contribution in [0.15, 0.2) is 0 Å². The molecule has 0 aromatic carbocycles. The molecule has 0 aliphatic carbocycles. The molecule has 4 nitrogen and oxygen atoms in total. The third-order valence-corrected chi connectivity index (χ3v) is 1.03. The van der Waals surface area contributed by atoms with Gasteiger partial charge < -0.3 is 0 Å². The van der Waals surface area contributed by atoms with E-state index < -0.39 is 6.67 Å². The van der Waals surface area contributed by atoms with Gasteiger partial charge in [-0.3, -0.25) is 0 Å². The Morgan fingerprint density at radius 1 is 1.67 bits per heavy atom. The molecule has 50 valence electrons. The third-order valence-electron chi connectivity index (χ3n) is 1.03. The fourth-order valence-electron chi connectivity index (χ4n) is 0.565. The molecule has 0 N–H and O–H groups in total. The van der Waals surface area contributed by atoms with Gasteiger partial charge in [0.2, 0.25) is 0 Å². The molecular weight excluding hydrogens is 122 g/mol. The van der Waals surface area contributed by atoms with Crippen LogP contribution < -0.4 is 0 Å². The van der Waals surface area contributed by atoms with Crippen molar-refractivity contribution in [2.45, 2.75) is 20.1 Å². The minimum Gasteiger partial charge on any atom is -0.242 e. The normalized spacial score (nSPS) is 10.0. The van der Waals surface area contributed by atoms with Crippen molar-refractivity contribution in [1.29, 1.82) is 0 Å². The molecule has 1 rings (SSSR count). The van der Waals surface area contributed by atoms with E-state index in [1.165, 1.54) is 4.68 Å². The van der Waals surface area contributed by atoms with Crippen LogP contribution >= 0.6 is 0 Å². The minimum atomic E-state index is -0.596. The van der Waals surface area contributed by atoms with Crippen molar-refractivity contribution in [2.24, 2.45) is 0 Å². The van der Waals surface area contributed by atoms with Crippen LogP contribution in [-0.2, 0) is 13.2 Å². The summed E-state index contributed by atoms with van der Waals surface area (Å²) in [6.07, 6.45) is 0. The molecule has 0 unspecified atom stereocenters. The highest BCUT2D eigenvalue weighted by Crippen LogP contribution is 1.92. The summed E-state index contributed by atoms with van der Waals surface area (Å²) < 4.78 is 13.3. The van der Waals surface area contributed by atoms with Gasteiger partial charge in [-0.05, 0) is 17.4 Å². The summed E-state index contributed by atoms with van der Waals surface area (Å²) in [6, 6.07) is 0. The van der Waals surface area contributed by atoms with Crippen LogP contribution in [0.3, 0.4) is 0 Å². The molecule has 0 amide bonds. The molecule has 1 heterocycles. The molecule has 0 aliphatic rings. The summed E-state index contributed by atoms with van der Waals surface area (Å²) in [5, 5.41) is 10.2. The monoisotopic (exact) mass is 129 g/mol. The third kappa shape index (κ3) is 1.04. The average molecular weight is 129 g/mol. The summed E-state index contributed by atoms with van der Waals surface area (Å²) in [4.78, 5) is 0. The number of hydrogen-bond acceptors (Lipinski definition) is 3. The number of nitrogens with zero attached hydrogens (tertiary/aromatic N) is 4. The minimum absolute atomic E-state index is 0.289. The highest BCUT2D eigenvalue weighted by molar-refractivity contribution is 4.74. The molecule has 0 saturated heterocycles. The highest BCUT2D eigenvalue weighted by atomic mass is 18.2. The van der Waals surface area contributed by atoms with Crippen LogP contribution in [0, 0.1) is 0 Å². The number of halogens is 1. The molecule has 0 fully saturated rings. The number of rotatable bonds is 2. The zero-order valence-electron chi connectivity index (χ0n) is 5.08. The van der Waals surface area contributed by atoms with Gasteiger partial charge >= 0.3 is 0 Å². The smallest absolute Gasteiger partial charge is 0.182 e. The topological polar surface area (TPSA) is 43.6 Å². The summed E-state index contributed by atoms with van der Waals surface area (Å²) >= 11 is 0. The van der Waals surface area contributed by atoms with Gasteiger partial charge in [-0.25, -0.2) is 9.07 Å². The first-order valence-electron chi connectivity index (χ1n) is 2.69. The lowest BCUT2D eigenvalue weighted by Gasteiger charge is -1.92. The number of hydrogen-bond donors (Lipinski definition) is 0. The van der Waals surface area contributed by atoms with Crippen molar-refractivity contribution >= 4 is 0 Å². The number of aromatic nitrogens is 4. The van der Waals surface area contributed by atoms with Gasteiger partial charge in [-0.15, -0.1) is 5.10 Å². The van der Waals surface area contributed by atoms with Crippen LogP contribution in [-0.4, -0.2) is 20.2 Å². The molecule has 0 spiro atoms. The molecule has 9 heavy (non-hydrogen) atoms. The van der Waals surface area contributed by atoms with Crippen LogP contribution in [0.2, 0.25) is 0 Å². The van der Waals surface area contributed by atoms with E-state index in [1.807, 2.05) is 6.92 Å². The maximum Gasteiger partial charge on any atom is 0.182 e. The van der Waals surface area contributed by atoms with Crippen molar-refractivity contribution in [3.8, 4) is 0 Å². The van der Waals surface area contributed by atoms with Gasteiger partial charge in [-0.1, -0.05) is 0 Å². The van der Waals surface area contributed by atoms with Crippen LogP contribution in [0.5, 0.6) is 0 Å². The number of alkyl halides is 1. The molecule has 0 radical (unpaired) electrons. The van der Waals surface area contributed by atoms with Crippen LogP contribution in [0.25, 0.3) is 0 Å². The first-order chi connectivity index (χ1) is 4.38. The lowest BCUT2D eigenvalue weighted by Crippen LogP contribution is -2.01. The van der Waals surface area contributed by atoms with Gasteiger partial charge in [-0.2, -0.15) is 0 Å². The van der Waals surface area contributed by atoms with Crippen molar-refractivity contribution in [3.05, 3.63) is 5.82 Å². The van der Waals surface area contributed by atoms with E-state index in [4.69, 9.17) is 0 Å². The largest absolute Gasteiger partial charge is 0.242 e. The van der Waals surface area contributed by atoms with Gasteiger partial charge in [0.05, 0.1) is 0 Å². The van der Waals surface area contributed by atoms with Crippen molar-refractivity contribution in [2.75, 3.05) is 0 Å². The van der Waals surface area contributed by atoms with E-state index in [-0.39, 0.29) is 5.82 Å². The Labute approximate surface area is 51.7 Å². The summed E-state index contributed by atoms with van der Waals surface area (Å²) in [7, 11) is 0. The van der Waals surface area contributed by atoms with Crippen LogP contribution in [0.4, 0.5) is 4.39 Å². The van der Waals surface area contributed by atoms with Gasteiger partial charge in [0.1, 0.15) is 0 Å². The Balaban J connectivity index is 2.85. The van der Waals surface area contributed by atoms with Crippen molar-refractivity contribution in [1.82, 2.24) is 20.2 Å². The molecule has 0 atom stereocenters. The molecule has 1 aromatic rings. The predicted octanol–water partition coefficient (Wildman–Crippen LogP) is 0.162. The summed E-state index contributed by atoms with van der Waals surface area (Å²) in [6.45, 7) is 1.88. The Morgan fingerprint density at radius 3 is 2.89 bits per heavy atom. The van der Waals surface area contributed by atoms with Gasteiger partial charge in [0.25, 0.3) is 0 Å². The SMILES string of the molecule is CCn1nnnc1C[18F]. The van der Waals surface area contributed by atoms with E-state index in [0.717, 1.165) is 0 Å². The first-order valence-corrected chi connectivity index (χ1v) is 2.69. The number of tetrazole rings is 1. The molecule has 5 heteroatoms. The van der Waals surface area contributed by atoms with Crippen molar-refractivity contribution < 1.29 is 4.39 Å². The second kappa shape index (κ2) is 2.52. The van der Waals surface area contributed by atoms with Crippen LogP contribution in [0.1, 0.15) is 12.7 Å². The zero-order valence-corrected chi connectivity index (χ0v) is 5.08. The first kappa shape index (κ1) is 6.12. The fraction of sp³-hybridized carbons (Fsp3) is 0.750. The van der Waals surface area contributed by atoms with Crippen molar-refractivity contribution in [3.63, 3.8) is 0 Å². The molecule has 0 aliphatic heterocycles. The quantitative estimate of drug-likeness (QED) is 0.571. The van der Waals surface area contributed by atoms with E-state index in [0.29, 0.717) is 6.54 Å². The molecule has 1 aromatic heterocycles. The lowest BCUT2D eigenvalue weighted by molar-refractivity contribution is 0.439. The second-order valence-corrected chi connectivity index (χ2v) is 1.54. The van der Waals surface area contributed by atoms with Gasteiger partial charge in [0, 0.05) is 6.54 Å². The molecule has 0 saturated carbocycles. The standard InChI is InChI=1S/C4H7FN4/c1-2-9-4(3-5)6-7-8-9/h2-3H2,1H3/i5-1. The maximum atomic E-state index is 11.8. The Kier molecular flexibility index (Phi) is 1.72. The maximum absolute atomic E-state index is 11.8. The van der Waals surface area contributed by atoms with E-state index >= 15 is 0 Å². The summed E-state index contributed by atoms with van der Waals surface area (Å²) in [5.74, 6) is 0.289. The fourth-order valence-corrected chi connectivity index (χ4v) is 0.565. The van der Waals surface area contributed by atoms with Gasteiger partial charge in [0.15, 0.2) is 12.5 Å². The zero-order chi connectivity index (χ0) is 6.69. The predicted molar refractivity (Wildman–Crippen MR) is 28.3 cm³/mol. The second-order valence-electron chi connectivity index (χ2n) is 1.54. The highest BCUT2D eigenvalue weighted by Gasteiger charge is 2.00. The van der Waals surface area contributed by atoms with E-state index in [1.54, 1.807) is 0 Å². The lowest BCUT2D eigenvalue weighted by atomic mass is 10.6. The average Bonchev–Trinajstić information content (AvgIpc) is 2.33. The Hall–Kier alpha value is -1.00. The Morgan fingerprint density at radius 2 is 2.44 bits per heavy atom. The van der Waals surface area contributed by atoms with E-state index in [9.17, 15) is 4.39 Å². The van der Waals surface area contributed by atoms with E-state index in [2.05, 4.69) is 15.5 Å². The molecular formula is C4H7FN4. The Bertz CT molecular complexity index is 166. The summed E-state index contributed by atoms with van der Waals surface area (Å²) in [5.41, 5.74) is 0. The number of aryl methyl sites for hydroxylation is 1. The molecule has 0 bridgehead atoms.